The molecule has 0 spiro atoms. The van der Waals surface area contributed by atoms with Crippen molar-refractivity contribution < 1.29 is 4.74 Å². The first-order valence-electron chi connectivity index (χ1n) is 6.22. The zero-order chi connectivity index (χ0) is 12.3. The molecular formula is C12H21N3OS. The summed E-state index contributed by atoms with van der Waals surface area (Å²) < 4.78 is 5.60. The van der Waals surface area contributed by atoms with Gasteiger partial charge in [-0.1, -0.05) is 6.92 Å². The molecule has 0 bridgehead atoms. The minimum Gasteiger partial charge on any atom is -0.376 e. The molecule has 1 fully saturated rings. The highest BCUT2D eigenvalue weighted by Gasteiger charge is 2.29. The number of hydrogen-bond acceptors (Lipinski definition) is 5. The predicted octanol–water partition coefficient (Wildman–Crippen LogP) is 1.87. The SMILES string of the molecule is CCNCc1cnc(N(C)C2CCOC2C)s1. The normalized spacial score (nSPS) is 24.2. The van der Waals surface area contributed by atoms with E-state index >= 15 is 0 Å². The van der Waals surface area contributed by atoms with Crippen molar-refractivity contribution in [3.05, 3.63) is 11.1 Å². The van der Waals surface area contributed by atoms with Crippen molar-refractivity contribution in [3.63, 3.8) is 0 Å². The molecule has 2 atom stereocenters. The van der Waals surface area contributed by atoms with Crippen LogP contribution in [0.3, 0.4) is 0 Å². The van der Waals surface area contributed by atoms with Crippen molar-refractivity contribution in [2.75, 3.05) is 25.1 Å². The van der Waals surface area contributed by atoms with E-state index in [0.717, 1.165) is 31.2 Å². The van der Waals surface area contributed by atoms with Crippen LogP contribution in [0, 0.1) is 0 Å². The van der Waals surface area contributed by atoms with E-state index in [1.165, 1.54) is 4.88 Å². The Morgan fingerprint density at radius 2 is 2.47 bits per heavy atom. The average molecular weight is 255 g/mol. The second-order valence-electron chi connectivity index (χ2n) is 4.43. The maximum atomic E-state index is 5.60. The first-order chi connectivity index (χ1) is 8.22. The fraction of sp³-hybridized carbons (Fsp3) is 0.750. The van der Waals surface area contributed by atoms with E-state index in [4.69, 9.17) is 4.74 Å². The van der Waals surface area contributed by atoms with Gasteiger partial charge in [-0.3, -0.25) is 0 Å². The van der Waals surface area contributed by atoms with Crippen LogP contribution in [0.4, 0.5) is 5.13 Å². The van der Waals surface area contributed by atoms with E-state index in [1.807, 2.05) is 6.20 Å². The lowest BCUT2D eigenvalue weighted by Gasteiger charge is -2.25. The lowest BCUT2D eigenvalue weighted by atomic mass is 10.1. The molecular weight excluding hydrogens is 234 g/mol. The lowest BCUT2D eigenvalue weighted by molar-refractivity contribution is 0.118. The number of anilines is 1. The molecule has 0 aliphatic carbocycles. The molecule has 5 heteroatoms. The largest absolute Gasteiger partial charge is 0.376 e. The molecule has 4 nitrogen and oxygen atoms in total. The number of hydrogen-bond donors (Lipinski definition) is 1. The molecule has 2 rings (SSSR count). The Morgan fingerprint density at radius 1 is 1.65 bits per heavy atom. The molecule has 2 heterocycles. The van der Waals surface area contributed by atoms with Crippen molar-refractivity contribution in [1.82, 2.24) is 10.3 Å². The molecule has 1 aliphatic heterocycles. The Morgan fingerprint density at radius 3 is 3.12 bits per heavy atom. The predicted molar refractivity (Wildman–Crippen MR) is 71.7 cm³/mol. The Labute approximate surface area is 107 Å². The van der Waals surface area contributed by atoms with Crippen molar-refractivity contribution in [2.45, 2.75) is 39.0 Å². The topological polar surface area (TPSA) is 37.4 Å². The molecule has 0 radical (unpaired) electrons. The number of aromatic nitrogens is 1. The number of ether oxygens (including phenoxy) is 1. The summed E-state index contributed by atoms with van der Waals surface area (Å²) in [6.45, 7) is 7.04. The molecule has 96 valence electrons. The molecule has 1 aromatic rings. The third-order valence-electron chi connectivity index (χ3n) is 3.23. The van der Waals surface area contributed by atoms with Gasteiger partial charge in [0.15, 0.2) is 5.13 Å². The lowest BCUT2D eigenvalue weighted by Crippen LogP contribution is -2.36. The smallest absolute Gasteiger partial charge is 0.185 e. The molecule has 0 saturated carbocycles. The van der Waals surface area contributed by atoms with Crippen molar-refractivity contribution in [2.24, 2.45) is 0 Å². The Hall–Kier alpha value is -0.650. The highest BCUT2D eigenvalue weighted by atomic mass is 32.1. The van der Waals surface area contributed by atoms with Crippen LogP contribution in [-0.4, -0.2) is 37.3 Å². The average Bonchev–Trinajstić information content (AvgIpc) is 2.94. The standard InChI is InChI=1S/C12H21N3OS/c1-4-13-7-10-8-14-12(17-10)15(3)11-5-6-16-9(11)2/h8-9,11,13H,4-7H2,1-3H3. The van der Waals surface area contributed by atoms with Crippen LogP contribution in [0.15, 0.2) is 6.20 Å². The maximum absolute atomic E-state index is 5.60. The fourth-order valence-corrected chi connectivity index (χ4v) is 3.06. The maximum Gasteiger partial charge on any atom is 0.185 e. The summed E-state index contributed by atoms with van der Waals surface area (Å²) in [6, 6.07) is 0.466. The molecule has 1 saturated heterocycles. The molecule has 0 aromatic carbocycles. The molecule has 1 aromatic heterocycles. The van der Waals surface area contributed by atoms with E-state index in [2.05, 4.69) is 36.1 Å². The van der Waals surface area contributed by atoms with Crippen LogP contribution in [0.2, 0.25) is 0 Å². The van der Waals surface area contributed by atoms with Crippen LogP contribution < -0.4 is 10.2 Å². The van der Waals surface area contributed by atoms with Gasteiger partial charge in [0.1, 0.15) is 0 Å². The van der Waals surface area contributed by atoms with Crippen LogP contribution >= 0.6 is 11.3 Å². The van der Waals surface area contributed by atoms with Gasteiger partial charge in [0.25, 0.3) is 0 Å². The Balaban J connectivity index is 1.98. The van der Waals surface area contributed by atoms with Crippen molar-refractivity contribution in [1.29, 1.82) is 0 Å². The quantitative estimate of drug-likeness (QED) is 0.871. The number of nitrogens with one attached hydrogen (secondary N) is 1. The Kier molecular flexibility index (Phi) is 4.36. The van der Waals surface area contributed by atoms with Gasteiger partial charge in [0, 0.05) is 31.3 Å². The number of rotatable bonds is 5. The number of likely N-dealkylation sites (N-methyl/N-ethyl adjacent to an activating group) is 1. The van der Waals surface area contributed by atoms with Gasteiger partial charge in [0.05, 0.1) is 12.1 Å². The molecule has 1 aliphatic rings. The summed E-state index contributed by atoms with van der Waals surface area (Å²) >= 11 is 1.77. The first-order valence-corrected chi connectivity index (χ1v) is 7.04. The van der Waals surface area contributed by atoms with Gasteiger partial charge in [-0.05, 0) is 19.9 Å². The highest BCUT2D eigenvalue weighted by molar-refractivity contribution is 7.15. The second kappa shape index (κ2) is 5.80. The van der Waals surface area contributed by atoms with Crippen LogP contribution in [0.5, 0.6) is 0 Å². The highest BCUT2D eigenvalue weighted by Crippen LogP contribution is 2.27. The summed E-state index contributed by atoms with van der Waals surface area (Å²) in [6.07, 6.45) is 3.38. The van der Waals surface area contributed by atoms with Crippen molar-refractivity contribution >= 4 is 16.5 Å². The first kappa shape index (κ1) is 12.8. The van der Waals surface area contributed by atoms with E-state index < -0.39 is 0 Å². The third-order valence-corrected chi connectivity index (χ3v) is 4.31. The zero-order valence-corrected chi connectivity index (χ0v) is 11.6. The molecule has 0 amide bonds. The fourth-order valence-electron chi connectivity index (χ4n) is 2.16. The summed E-state index contributed by atoms with van der Waals surface area (Å²) in [5.74, 6) is 0. The zero-order valence-electron chi connectivity index (χ0n) is 10.8. The minimum absolute atomic E-state index is 0.307. The molecule has 1 N–H and O–H groups in total. The Bertz CT molecular complexity index is 355. The van der Waals surface area contributed by atoms with Crippen LogP contribution in [-0.2, 0) is 11.3 Å². The van der Waals surface area contributed by atoms with Gasteiger partial charge < -0.3 is 15.0 Å². The van der Waals surface area contributed by atoms with Crippen LogP contribution in [0.25, 0.3) is 0 Å². The summed E-state index contributed by atoms with van der Waals surface area (Å²) in [4.78, 5) is 8.05. The van der Waals surface area contributed by atoms with Gasteiger partial charge in [0.2, 0.25) is 0 Å². The van der Waals surface area contributed by atoms with E-state index in [1.54, 1.807) is 11.3 Å². The van der Waals surface area contributed by atoms with E-state index in [0.29, 0.717) is 12.1 Å². The van der Waals surface area contributed by atoms with E-state index in [9.17, 15) is 0 Å². The van der Waals surface area contributed by atoms with Gasteiger partial charge >= 0.3 is 0 Å². The van der Waals surface area contributed by atoms with Gasteiger partial charge in [-0.25, -0.2) is 4.98 Å². The minimum atomic E-state index is 0.307. The van der Waals surface area contributed by atoms with Crippen LogP contribution in [0.1, 0.15) is 25.1 Å². The van der Waals surface area contributed by atoms with Gasteiger partial charge in [-0.2, -0.15) is 0 Å². The molecule has 17 heavy (non-hydrogen) atoms. The third kappa shape index (κ3) is 2.97. The van der Waals surface area contributed by atoms with Crippen molar-refractivity contribution in [3.8, 4) is 0 Å². The second-order valence-corrected chi connectivity index (χ2v) is 5.53. The monoisotopic (exact) mass is 255 g/mol. The van der Waals surface area contributed by atoms with Gasteiger partial charge in [-0.15, -0.1) is 11.3 Å². The molecule has 2 unspecified atom stereocenters. The summed E-state index contributed by atoms with van der Waals surface area (Å²) in [7, 11) is 2.12. The summed E-state index contributed by atoms with van der Waals surface area (Å²) in [5, 5.41) is 4.42. The summed E-state index contributed by atoms with van der Waals surface area (Å²) in [5.41, 5.74) is 0. The number of nitrogens with zero attached hydrogens (tertiary/aromatic N) is 2. The van der Waals surface area contributed by atoms with E-state index in [-0.39, 0.29) is 0 Å². The number of thiazole rings is 1.